The van der Waals surface area contributed by atoms with Crippen LogP contribution in [-0.4, -0.2) is 44.3 Å². The minimum Gasteiger partial charge on any atom is -0.497 e. The van der Waals surface area contributed by atoms with Gasteiger partial charge in [0.1, 0.15) is 5.75 Å². The van der Waals surface area contributed by atoms with Crippen LogP contribution in [-0.2, 0) is 14.4 Å². The van der Waals surface area contributed by atoms with Crippen molar-refractivity contribution in [1.82, 2.24) is 5.43 Å². The predicted octanol–water partition coefficient (Wildman–Crippen LogP) is 4.11. The molecule has 0 aliphatic heterocycles. The number of nitrogens with zero attached hydrogens (tertiary/aromatic N) is 1. The van der Waals surface area contributed by atoms with Crippen LogP contribution in [0.25, 0.3) is 0 Å². The first kappa shape index (κ1) is 28.4. The van der Waals surface area contributed by atoms with E-state index in [1.54, 1.807) is 42.5 Å². The Hall–Kier alpha value is -4.13. The van der Waals surface area contributed by atoms with Gasteiger partial charge in [-0.05, 0) is 96.1 Å². The fourth-order valence-corrected chi connectivity index (χ4v) is 3.98. The SMILES string of the molecule is CCOc1cc(/C=N\NC(=O)C(=O)Nc2ccc(OC)cc2)cc(I)c1OCC(=O)Nc1cccc(C)c1. The zero-order chi connectivity index (χ0) is 27.5. The quantitative estimate of drug-likeness (QED) is 0.134. The number of halogens is 1. The molecular weight excluding hydrogens is 603 g/mol. The maximum atomic E-state index is 12.4. The van der Waals surface area contributed by atoms with Crippen LogP contribution in [0.4, 0.5) is 11.4 Å². The number of rotatable bonds is 10. The van der Waals surface area contributed by atoms with Crippen LogP contribution < -0.4 is 30.3 Å². The average molecular weight is 630 g/mol. The molecule has 0 atom stereocenters. The maximum absolute atomic E-state index is 12.4. The molecule has 198 valence electrons. The van der Waals surface area contributed by atoms with Gasteiger partial charge in [-0.1, -0.05) is 12.1 Å². The van der Waals surface area contributed by atoms with Gasteiger partial charge in [0.2, 0.25) is 0 Å². The number of hydrazone groups is 1. The first-order valence-corrected chi connectivity index (χ1v) is 12.6. The third-order valence-corrected chi connectivity index (χ3v) is 5.72. The Morgan fingerprint density at radius 1 is 0.947 bits per heavy atom. The summed E-state index contributed by atoms with van der Waals surface area (Å²) in [6.45, 7) is 3.92. The highest BCUT2D eigenvalue weighted by Gasteiger charge is 2.15. The molecule has 3 amide bonds. The number of aryl methyl sites for hydroxylation is 1. The Balaban J connectivity index is 1.60. The summed E-state index contributed by atoms with van der Waals surface area (Å²) in [6.07, 6.45) is 1.37. The lowest BCUT2D eigenvalue weighted by Crippen LogP contribution is -2.32. The Kier molecular flexibility index (Phi) is 10.5. The van der Waals surface area contributed by atoms with Gasteiger partial charge in [0.25, 0.3) is 5.91 Å². The molecule has 11 heteroatoms. The summed E-state index contributed by atoms with van der Waals surface area (Å²) in [6, 6.07) is 17.4. The van der Waals surface area contributed by atoms with Gasteiger partial charge >= 0.3 is 11.8 Å². The Bertz CT molecular complexity index is 1330. The van der Waals surface area contributed by atoms with Gasteiger partial charge in [0, 0.05) is 11.4 Å². The van der Waals surface area contributed by atoms with Crippen molar-refractivity contribution in [2.24, 2.45) is 5.10 Å². The Morgan fingerprint density at radius 2 is 1.71 bits per heavy atom. The second-order valence-corrected chi connectivity index (χ2v) is 9.01. The third kappa shape index (κ3) is 8.47. The summed E-state index contributed by atoms with van der Waals surface area (Å²) < 4.78 is 17.2. The molecule has 3 aromatic rings. The molecule has 0 unspecified atom stereocenters. The topological polar surface area (TPSA) is 127 Å². The van der Waals surface area contributed by atoms with E-state index in [9.17, 15) is 14.4 Å². The van der Waals surface area contributed by atoms with Gasteiger partial charge in [-0.15, -0.1) is 0 Å². The predicted molar refractivity (Wildman–Crippen MR) is 153 cm³/mol. The molecule has 3 rings (SSSR count). The minimum atomic E-state index is -0.934. The van der Waals surface area contributed by atoms with Crippen molar-refractivity contribution < 1.29 is 28.6 Å². The monoisotopic (exact) mass is 630 g/mol. The molecule has 0 heterocycles. The van der Waals surface area contributed by atoms with Crippen molar-refractivity contribution in [2.45, 2.75) is 13.8 Å². The van der Waals surface area contributed by atoms with E-state index < -0.39 is 11.8 Å². The number of ether oxygens (including phenoxy) is 3. The smallest absolute Gasteiger partial charge is 0.329 e. The molecule has 0 saturated heterocycles. The van der Waals surface area contributed by atoms with E-state index in [2.05, 4.69) is 43.8 Å². The van der Waals surface area contributed by atoms with Crippen LogP contribution >= 0.6 is 22.6 Å². The maximum Gasteiger partial charge on any atom is 0.329 e. The number of methoxy groups -OCH3 is 1. The number of amides is 3. The van der Waals surface area contributed by atoms with Crippen molar-refractivity contribution in [2.75, 3.05) is 31.0 Å². The van der Waals surface area contributed by atoms with Crippen LogP contribution in [0.3, 0.4) is 0 Å². The summed E-state index contributed by atoms with van der Waals surface area (Å²) in [5.41, 5.74) is 4.94. The van der Waals surface area contributed by atoms with Crippen molar-refractivity contribution in [3.05, 3.63) is 75.4 Å². The van der Waals surface area contributed by atoms with Crippen LogP contribution in [0.15, 0.2) is 65.8 Å². The Morgan fingerprint density at radius 3 is 2.39 bits per heavy atom. The Labute approximate surface area is 233 Å². The summed E-state index contributed by atoms with van der Waals surface area (Å²) in [7, 11) is 1.53. The van der Waals surface area contributed by atoms with Crippen LogP contribution in [0.5, 0.6) is 17.2 Å². The molecule has 0 fully saturated rings. The lowest BCUT2D eigenvalue weighted by molar-refractivity contribution is -0.136. The third-order valence-electron chi connectivity index (χ3n) is 4.91. The first-order valence-electron chi connectivity index (χ1n) is 11.5. The number of carbonyl (C=O) groups is 3. The molecule has 0 spiro atoms. The fraction of sp³-hybridized carbons (Fsp3) is 0.185. The number of carbonyl (C=O) groups excluding carboxylic acids is 3. The zero-order valence-corrected chi connectivity index (χ0v) is 23.2. The van der Waals surface area contributed by atoms with Crippen LogP contribution in [0, 0.1) is 10.5 Å². The van der Waals surface area contributed by atoms with Gasteiger partial charge in [-0.25, -0.2) is 5.43 Å². The summed E-state index contributed by atoms with van der Waals surface area (Å²) in [5.74, 6) is -0.671. The zero-order valence-electron chi connectivity index (χ0n) is 21.0. The van der Waals surface area contributed by atoms with E-state index >= 15 is 0 Å². The van der Waals surface area contributed by atoms with E-state index in [1.165, 1.54) is 13.3 Å². The largest absolute Gasteiger partial charge is 0.497 e. The van der Waals surface area contributed by atoms with E-state index in [0.717, 1.165) is 5.56 Å². The van der Waals surface area contributed by atoms with Gasteiger partial charge in [-0.3, -0.25) is 14.4 Å². The molecule has 0 aliphatic carbocycles. The van der Waals surface area contributed by atoms with Gasteiger partial charge in [-0.2, -0.15) is 5.10 Å². The normalized spacial score (nSPS) is 10.5. The van der Waals surface area contributed by atoms with Crippen molar-refractivity contribution in [1.29, 1.82) is 0 Å². The molecule has 0 aliphatic rings. The number of hydrogen-bond acceptors (Lipinski definition) is 7. The van der Waals surface area contributed by atoms with Crippen molar-refractivity contribution in [3.63, 3.8) is 0 Å². The molecule has 0 aromatic heterocycles. The van der Waals surface area contributed by atoms with Gasteiger partial charge < -0.3 is 24.8 Å². The van der Waals surface area contributed by atoms with E-state index in [4.69, 9.17) is 14.2 Å². The average Bonchev–Trinajstić information content (AvgIpc) is 2.88. The molecule has 3 N–H and O–H groups in total. The number of nitrogens with one attached hydrogen (secondary N) is 3. The standard InChI is InChI=1S/C27H27IN4O6/c1-4-37-23-14-18(15-29-32-27(35)26(34)31-19-8-10-21(36-3)11-9-19)13-22(28)25(23)38-16-24(33)30-20-7-5-6-17(2)12-20/h5-15H,4,16H2,1-3H3,(H,30,33)(H,31,34)(H,32,35)/b29-15-. The van der Waals surface area contributed by atoms with Crippen molar-refractivity contribution in [3.8, 4) is 17.2 Å². The molecular formula is C27H27IN4O6. The summed E-state index contributed by atoms with van der Waals surface area (Å²) in [5, 5.41) is 9.13. The van der Waals surface area contributed by atoms with Crippen molar-refractivity contribution >= 4 is 57.9 Å². The second-order valence-electron chi connectivity index (χ2n) is 7.85. The van der Waals surface area contributed by atoms with Gasteiger partial charge in [0.05, 0.1) is 23.5 Å². The highest BCUT2D eigenvalue weighted by Crippen LogP contribution is 2.34. The minimum absolute atomic E-state index is 0.211. The van der Waals surface area contributed by atoms with E-state index in [-0.39, 0.29) is 12.5 Å². The molecule has 10 nitrogen and oxygen atoms in total. The van der Waals surface area contributed by atoms with E-state index in [0.29, 0.717) is 44.4 Å². The second kappa shape index (κ2) is 14.0. The molecule has 0 radical (unpaired) electrons. The number of anilines is 2. The first-order chi connectivity index (χ1) is 18.3. The van der Waals surface area contributed by atoms with E-state index in [1.807, 2.05) is 32.0 Å². The molecule has 0 bridgehead atoms. The van der Waals surface area contributed by atoms with Gasteiger partial charge in [0.15, 0.2) is 18.1 Å². The molecule has 38 heavy (non-hydrogen) atoms. The lowest BCUT2D eigenvalue weighted by atomic mass is 10.2. The lowest BCUT2D eigenvalue weighted by Gasteiger charge is -2.14. The molecule has 0 saturated carbocycles. The summed E-state index contributed by atoms with van der Waals surface area (Å²) in [4.78, 5) is 36.6. The van der Waals surface area contributed by atoms with Crippen LogP contribution in [0.2, 0.25) is 0 Å². The highest BCUT2D eigenvalue weighted by molar-refractivity contribution is 14.1. The van der Waals surface area contributed by atoms with Crippen LogP contribution in [0.1, 0.15) is 18.1 Å². The molecule has 3 aromatic carbocycles. The summed E-state index contributed by atoms with van der Waals surface area (Å²) >= 11 is 2.06. The number of hydrogen-bond donors (Lipinski definition) is 3. The number of benzene rings is 3. The fourth-order valence-electron chi connectivity index (χ4n) is 3.20. The highest BCUT2D eigenvalue weighted by atomic mass is 127.